The minimum absolute atomic E-state index is 0.0578. The molecule has 0 aliphatic rings. The fraction of sp³-hybridized carbons (Fsp3) is 0.103. The first-order valence-electron chi connectivity index (χ1n) is 11.6. The molecule has 1 N–H and O–H groups in total. The average Bonchev–Trinajstić information content (AvgIpc) is 3.21. The quantitative estimate of drug-likeness (QED) is 0.254. The molecule has 0 saturated heterocycles. The lowest BCUT2D eigenvalue weighted by atomic mass is 10.0. The van der Waals surface area contributed by atoms with Crippen LogP contribution in [-0.4, -0.2) is 15.5 Å². The topological polar surface area (TPSA) is 46.9 Å². The van der Waals surface area contributed by atoms with Crippen LogP contribution in [0.1, 0.15) is 22.8 Å². The predicted molar refractivity (Wildman–Crippen MR) is 141 cm³/mol. The monoisotopic (exact) mass is 519 g/mol. The minimum atomic E-state index is -4.70. The van der Waals surface area contributed by atoms with Gasteiger partial charge in [0.15, 0.2) is 0 Å². The van der Waals surface area contributed by atoms with Crippen LogP contribution in [0.25, 0.3) is 33.5 Å². The van der Waals surface area contributed by atoms with Gasteiger partial charge in [0.25, 0.3) is 5.91 Å². The summed E-state index contributed by atoms with van der Waals surface area (Å²) in [7, 11) is 0. The van der Waals surface area contributed by atoms with E-state index < -0.39 is 17.6 Å². The van der Waals surface area contributed by atoms with Gasteiger partial charge in [-0.05, 0) is 37.3 Å². The van der Waals surface area contributed by atoms with Crippen molar-refractivity contribution >= 4 is 34.2 Å². The van der Waals surface area contributed by atoms with Gasteiger partial charge in [-0.3, -0.25) is 4.79 Å². The number of hydrogen-bond acceptors (Lipinski definition) is 2. The van der Waals surface area contributed by atoms with E-state index in [0.29, 0.717) is 28.4 Å². The summed E-state index contributed by atoms with van der Waals surface area (Å²) < 4.78 is 45.5. The van der Waals surface area contributed by atoms with Crippen LogP contribution in [0.5, 0.6) is 0 Å². The number of hydrogen-bond donors (Lipinski definition) is 1. The van der Waals surface area contributed by atoms with Crippen molar-refractivity contribution in [2.75, 3.05) is 5.32 Å². The molecule has 0 radical (unpaired) electrons. The highest BCUT2D eigenvalue weighted by atomic mass is 35.5. The van der Waals surface area contributed by atoms with E-state index in [2.05, 4.69) is 10.3 Å². The molecule has 8 heteroatoms. The van der Waals surface area contributed by atoms with E-state index in [4.69, 9.17) is 11.6 Å². The van der Waals surface area contributed by atoms with Crippen molar-refractivity contribution < 1.29 is 18.0 Å². The standard InChI is InChI=1S/C29H21ClF3N3O/c1-2-36-26(19-11-7-4-8-12-19)25(35-28(37)20-13-15-21(30)16-14-20)24-22(29(31,32)33)17-23(34-27(24)36)18-9-5-3-6-10-18/h3-17H,2H2,1H3,(H,35,37). The van der Waals surface area contributed by atoms with E-state index >= 15 is 0 Å². The van der Waals surface area contributed by atoms with E-state index in [9.17, 15) is 18.0 Å². The van der Waals surface area contributed by atoms with Crippen molar-refractivity contribution in [3.05, 3.63) is 107 Å². The highest BCUT2D eigenvalue weighted by Gasteiger charge is 2.37. The minimum Gasteiger partial charge on any atom is -0.324 e. The van der Waals surface area contributed by atoms with Crippen LogP contribution in [0.3, 0.4) is 0 Å². The first kappa shape index (κ1) is 24.6. The summed E-state index contributed by atoms with van der Waals surface area (Å²) in [6.45, 7) is 2.17. The molecule has 186 valence electrons. The van der Waals surface area contributed by atoms with Crippen molar-refractivity contribution in [2.45, 2.75) is 19.6 Å². The summed E-state index contributed by atoms with van der Waals surface area (Å²) in [5.41, 5.74) is 1.46. The smallest absolute Gasteiger partial charge is 0.324 e. The van der Waals surface area contributed by atoms with Crippen LogP contribution in [0.4, 0.5) is 18.9 Å². The molecule has 0 saturated carbocycles. The molecule has 0 atom stereocenters. The summed E-state index contributed by atoms with van der Waals surface area (Å²) in [6.07, 6.45) is -4.70. The molecular formula is C29H21ClF3N3O. The maximum absolute atomic E-state index is 14.6. The number of alkyl halides is 3. The number of benzene rings is 3. The zero-order valence-corrected chi connectivity index (χ0v) is 20.4. The zero-order chi connectivity index (χ0) is 26.2. The number of pyridine rings is 1. The number of aryl methyl sites for hydroxylation is 1. The second kappa shape index (κ2) is 9.75. The number of anilines is 1. The number of rotatable bonds is 5. The number of amides is 1. The molecule has 5 rings (SSSR count). The first-order chi connectivity index (χ1) is 17.8. The van der Waals surface area contributed by atoms with Crippen LogP contribution in [-0.2, 0) is 12.7 Å². The van der Waals surface area contributed by atoms with Gasteiger partial charge in [0, 0.05) is 28.3 Å². The SMILES string of the molecule is CCn1c(-c2ccccc2)c(NC(=O)c2ccc(Cl)cc2)c2c(C(F)(F)F)cc(-c3ccccc3)nc21. The summed E-state index contributed by atoms with van der Waals surface area (Å²) in [4.78, 5) is 17.9. The third-order valence-electron chi connectivity index (χ3n) is 6.10. The molecular weight excluding hydrogens is 499 g/mol. The molecule has 0 bridgehead atoms. The van der Waals surface area contributed by atoms with E-state index in [-0.39, 0.29) is 28.0 Å². The number of nitrogens with one attached hydrogen (secondary N) is 1. The Kier molecular flexibility index (Phi) is 6.48. The Bertz CT molecular complexity index is 1580. The molecule has 0 unspecified atom stereocenters. The van der Waals surface area contributed by atoms with Gasteiger partial charge in [0.1, 0.15) is 5.65 Å². The van der Waals surface area contributed by atoms with Gasteiger partial charge in [-0.15, -0.1) is 0 Å². The predicted octanol–water partition coefficient (Wildman–Crippen LogP) is 8.31. The summed E-state index contributed by atoms with van der Waals surface area (Å²) in [6, 6.07) is 24.9. The summed E-state index contributed by atoms with van der Waals surface area (Å²) in [5, 5.41) is 3.06. The highest BCUT2D eigenvalue weighted by molar-refractivity contribution is 6.30. The van der Waals surface area contributed by atoms with Crippen molar-refractivity contribution in [1.82, 2.24) is 9.55 Å². The van der Waals surface area contributed by atoms with Crippen molar-refractivity contribution in [3.8, 4) is 22.5 Å². The van der Waals surface area contributed by atoms with E-state index in [0.717, 1.165) is 6.07 Å². The third-order valence-corrected chi connectivity index (χ3v) is 6.35. The third kappa shape index (κ3) is 4.70. The van der Waals surface area contributed by atoms with Gasteiger partial charge < -0.3 is 9.88 Å². The van der Waals surface area contributed by atoms with Gasteiger partial charge in [-0.2, -0.15) is 13.2 Å². The Labute approximate surface area is 216 Å². The molecule has 2 aromatic heterocycles. The van der Waals surface area contributed by atoms with Crippen LogP contribution in [0.15, 0.2) is 91.0 Å². The van der Waals surface area contributed by atoms with Crippen molar-refractivity contribution in [1.29, 1.82) is 0 Å². The molecule has 0 aliphatic carbocycles. The number of halogens is 4. The second-order valence-corrected chi connectivity index (χ2v) is 8.85. The first-order valence-corrected chi connectivity index (χ1v) is 12.0. The zero-order valence-electron chi connectivity index (χ0n) is 19.7. The lowest BCUT2D eigenvalue weighted by Gasteiger charge is -2.13. The number of carbonyl (C=O) groups excluding carboxylic acids is 1. The van der Waals surface area contributed by atoms with Gasteiger partial charge in [0.05, 0.1) is 28.0 Å². The van der Waals surface area contributed by atoms with Crippen LogP contribution >= 0.6 is 11.6 Å². The number of carbonyl (C=O) groups is 1. The number of fused-ring (bicyclic) bond motifs is 1. The van der Waals surface area contributed by atoms with E-state index in [1.807, 2.05) is 13.0 Å². The van der Waals surface area contributed by atoms with Gasteiger partial charge in [-0.1, -0.05) is 72.3 Å². The molecule has 5 aromatic rings. The molecule has 0 aliphatic heterocycles. The highest BCUT2D eigenvalue weighted by Crippen LogP contribution is 2.45. The average molecular weight is 520 g/mol. The van der Waals surface area contributed by atoms with Crippen LogP contribution in [0.2, 0.25) is 5.02 Å². The Morgan fingerprint density at radius 2 is 1.51 bits per heavy atom. The number of nitrogens with zero attached hydrogens (tertiary/aromatic N) is 2. The maximum atomic E-state index is 14.6. The maximum Gasteiger partial charge on any atom is 0.417 e. The van der Waals surface area contributed by atoms with Crippen LogP contribution < -0.4 is 5.32 Å². The number of aromatic nitrogens is 2. The molecule has 37 heavy (non-hydrogen) atoms. The second-order valence-electron chi connectivity index (χ2n) is 8.41. The van der Waals surface area contributed by atoms with Crippen molar-refractivity contribution in [3.63, 3.8) is 0 Å². The van der Waals surface area contributed by atoms with Crippen molar-refractivity contribution in [2.24, 2.45) is 0 Å². The van der Waals surface area contributed by atoms with Gasteiger partial charge in [0.2, 0.25) is 0 Å². The molecule has 2 heterocycles. The fourth-order valence-electron chi connectivity index (χ4n) is 4.43. The Balaban J connectivity index is 1.84. The summed E-state index contributed by atoms with van der Waals surface area (Å²) in [5.74, 6) is -0.552. The lowest BCUT2D eigenvalue weighted by Crippen LogP contribution is -2.14. The molecule has 3 aromatic carbocycles. The summed E-state index contributed by atoms with van der Waals surface area (Å²) >= 11 is 5.95. The Morgan fingerprint density at radius 3 is 2.08 bits per heavy atom. The van der Waals surface area contributed by atoms with Gasteiger partial charge in [-0.25, -0.2) is 4.98 Å². The Morgan fingerprint density at radius 1 is 0.919 bits per heavy atom. The van der Waals surface area contributed by atoms with E-state index in [1.54, 1.807) is 71.3 Å². The molecule has 4 nitrogen and oxygen atoms in total. The van der Waals surface area contributed by atoms with Gasteiger partial charge >= 0.3 is 6.18 Å². The molecule has 0 spiro atoms. The van der Waals surface area contributed by atoms with E-state index in [1.165, 1.54) is 12.1 Å². The normalized spacial score (nSPS) is 11.6. The Hall–Kier alpha value is -4.10. The largest absolute Gasteiger partial charge is 0.417 e. The lowest BCUT2D eigenvalue weighted by molar-refractivity contribution is -0.136. The van der Waals surface area contributed by atoms with Crippen LogP contribution in [0, 0.1) is 0 Å². The fourth-order valence-corrected chi connectivity index (χ4v) is 4.55. The molecule has 1 amide bonds. The molecule has 0 fully saturated rings.